The second kappa shape index (κ2) is 6.46. The van der Waals surface area contributed by atoms with Crippen molar-refractivity contribution in [2.24, 2.45) is 0 Å². The number of fused-ring (bicyclic) bond motifs is 1. The number of hydrogen-bond donors (Lipinski definition) is 2. The standard InChI is InChI=1S/C16H19N3O2S/c1-11-10-22-15(17-11)18-16(21)19(8-9-20)14-7-6-12-4-2-3-5-13(12)14/h2-5,10,14,20H,6-9H2,1H3,(H,17,18,21). The first-order chi connectivity index (χ1) is 10.7. The first-order valence-corrected chi connectivity index (χ1v) is 8.25. The molecule has 2 amide bonds. The lowest BCUT2D eigenvalue weighted by molar-refractivity contribution is 0.162. The van der Waals surface area contributed by atoms with E-state index in [4.69, 9.17) is 0 Å². The topological polar surface area (TPSA) is 65.5 Å². The van der Waals surface area contributed by atoms with Gasteiger partial charge in [-0.3, -0.25) is 5.32 Å². The van der Waals surface area contributed by atoms with E-state index in [0.717, 1.165) is 18.5 Å². The van der Waals surface area contributed by atoms with E-state index in [2.05, 4.69) is 22.4 Å². The molecule has 1 unspecified atom stereocenters. The molecule has 3 rings (SSSR count). The lowest BCUT2D eigenvalue weighted by Crippen LogP contribution is -2.39. The zero-order chi connectivity index (χ0) is 15.5. The number of benzene rings is 1. The highest BCUT2D eigenvalue weighted by molar-refractivity contribution is 7.13. The summed E-state index contributed by atoms with van der Waals surface area (Å²) in [5, 5.41) is 14.7. The van der Waals surface area contributed by atoms with E-state index in [1.165, 1.54) is 22.5 Å². The third kappa shape index (κ3) is 2.98. The SMILES string of the molecule is Cc1csc(NC(=O)N(CCO)C2CCc3ccccc32)n1. The lowest BCUT2D eigenvalue weighted by Gasteiger charge is -2.29. The molecule has 0 saturated heterocycles. The Labute approximate surface area is 133 Å². The number of aliphatic hydroxyl groups is 1. The van der Waals surface area contributed by atoms with Gasteiger partial charge in [-0.05, 0) is 30.9 Å². The van der Waals surface area contributed by atoms with Crippen molar-refractivity contribution in [3.8, 4) is 0 Å². The predicted molar refractivity (Wildman–Crippen MR) is 87.2 cm³/mol. The van der Waals surface area contributed by atoms with E-state index < -0.39 is 0 Å². The van der Waals surface area contributed by atoms with Crippen LogP contribution in [0, 0.1) is 6.92 Å². The lowest BCUT2D eigenvalue weighted by atomic mass is 10.1. The van der Waals surface area contributed by atoms with Crippen molar-refractivity contribution in [1.29, 1.82) is 0 Å². The Kier molecular flexibility index (Phi) is 4.40. The van der Waals surface area contributed by atoms with Gasteiger partial charge in [-0.1, -0.05) is 24.3 Å². The summed E-state index contributed by atoms with van der Waals surface area (Å²) >= 11 is 1.41. The fourth-order valence-corrected chi connectivity index (χ4v) is 3.62. The van der Waals surface area contributed by atoms with Gasteiger partial charge in [-0.25, -0.2) is 9.78 Å². The number of hydrogen-bond acceptors (Lipinski definition) is 4. The molecule has 0 spiro atoms. The number of aryl methyl sites for hydroxylation is 2. The minimum atomic E-state index is -0.204. The van der Waals surface area contributed by atoms with Crippen molar-refractivity contribution in [3.63, 3.8) is 0 Å². The van der Waals surface area contributed by atoms with Crippen LogP contribution < -0.4 is 5.32 Å². The Bertz CT molecular complexity index is 671. The molecule has 5 nitrogen and oxygen atoms in total. The molecule has 2 N–H and O–H groups in total. The Morgan fingerprint density at radius 2 is 2.32 bits per heavy atom. The molecule has 1 aliphatic carbocycles. The van der Waals surface area contributed by atoms with Crippen LogP contribution in [0.4, 0.5) is 9.93 Å². The third-order valence-corrected chi connectivity index (χ3v) is 4.79. The molecule has 116 valence electrons. The van der Waals surface area contributed by atoms with Crippen LogP contribution in [0.5, 0.6) is 0 Å². The van der Waals surface area contributed by atoms with Crippen molar-refractivity contribution in [3.05, 3.63) is 46.5 Å². The van der Waals surface area contributed by atoms with E-state index in [1.54, 1.807) is 4.90 Å². The maximum absolute atomic E-state index is 12.6. The molecule has 1 aromatic heterocycles. The van der Waals surface area contributed by atoms with Gasteiger partial charge in [0.25, 0.3) is 0 Å². The van der Waals surface area contributed by atoms with Crippen molar-refractivity contribution in [1.82, 2.24) is 9.88 Å². The van der Waals surface area contributed by atoms with Gasteiger partial charge < -0.3 is 10.0 Å². The first kappa shape index (κ1) is 15.0. The Hall–Kier alpha value is -1.92. The van der Waals surface area contributed by atoms with Crippen LogP contribution in [0.3, 0.4) is 0 Å². The highest BCUT2D eigenvalue weighted by atomic mass is 32.1. The maximum Gasteiger partial charge on any atom is 0.324 e. The minimum absolute atomic E-state index is 0.0180. The second-order valence-electron chi connectivity index (χ2n) is 5.39. The first-order valence-electron chi connectivity index (χ1n) is 7.37. The maximum atomic E-state index is 12.6. The number of rotatable bonds is 4. The van der Waals surface area contributed by atoms with Gasteiger partial charge >= 0.3 is 6.03 Å². The summed E-state index contributed by atoms with van der Waals surface area (Å²) in [7, 11) is 0. The molecule has 0 aliphatic heterocycles. The highest BCUT2D eigenvalue weighted by Gasteiger charge is 2.30. The van der Waals surface area contributed by atoms with Crippen LogP contribution in [0.2, 0.25) is 0 Å². The summed E-state index contributed by atoms with van der Waals surface area (Å²) < 4.78 is 0. The largest absolute Gasteiger partial charge is 0.395 e. The summed E-state index contributed by atoms with van der Waals surface area (Å²) in [6.45, 7) is 2.16. The summed E-state index contributed by atoms with van der Waals surface area (Å²) in [5.74, 6) is 0. The van der Waals surface area contributed by atoms with Crippen molar-refractivity contribution < 1.29 is 9.90 Å². The number of thiazole rings is 1. The number of nitrogens with zero attached hydrogens (tertiary/aromatic N) is 2. The average molecular weight is 317 g/mol. The zero-order valence-corrected chi connectivity index (χ0v) is 13.3. The summed E-state index contributed by atoms with van der Waals surface area (Å²) in [4.78, 5) is 18.6. The van der Waals surface area contributed by atoms with Crippen molar-refractivity contribution >= 4 is 22.5 Å². The molecule has 0 fully saturated rings. The molecule has 1 atom stereocenters. The minimum Gasteiger partial charge on any atom is -0.395 e. The zero-order valence-electron chi connectivity index (χ0n) is 12.5. The summed E-state index contributed by atoms with van der Waals surface area (Å²) in [6.07, 6.45) is 1.86. The van der Waals surface area contributed by atoms with E-state index >= 15 is 0 Å². The molecule has 22 heavy (non-hydrogen) atoms. The number of urea groups is 1. The molecule has 6 heteroatoms. The van der Waals surface area contributed by atoms with Gasteiger partial charge in [0.1, 0.15) is 0 Å². The van der Waals surface area contributed by atoms with Crippen LogP contribution in [-0.2, 0) is 6.42 Å². The number of carbonyl (C=O) groups excluding carboxylic acids is 1. The molecular weight excluding hydrogens is 298 g/mol. The van der Waals surface area contributed by atoms with Gasteiger partial charge in [0.2, 0.25) is 0 Å². The third-order valence-electron chi connectivity index (χ3n) is 3.91. The number of nitrogens with one attached hydrogen (secondary N) is 1. The molecule has 0 radical (unpaired) electrons. The Balaban J connectivity index is 1.79. The molecule has 0 bridgehead atoms. The monoisotopic (exact) mass is 317 g/mol. The van der Waals surface area contributed by atoms with Crippen molar-refractivity contribution in [2.75, 3.05) is 18.5 Å². The molecule has 1 aromatic carbocycles. The number of anilines is 1. The number of aromatic nitrogens is 1. The number of amides is 2. The number of aliphatic hydroxyl groups excluding tert-OH is 1. The summed E-state index contributed by atoms with van der Waals surface area (Å²) in [6, 6.07) is 8.01. The van der Waals surface area contributed by atoms with E-state index in [9.17, 15) is 9.90 Å². The van der Waals surface area contributed by atoms with Gasteiger partial charge in [0.05, 0.1) is 18.3 Å². The van der Waals surface area contributed by atoms with Crippen molar-refractivity contribution in [2.45, 2.75) is 25.8 Å². The Morgan fingerprint density at radius 3 is 3.05 bits per heavy atom. The normalized spacial score (nSPS) is 16.4. The van der Waals surface area contributed by atoms with Crippen LogP contribution in [0.25, 0.3) is 0 Å². The summed E-state index contributed by atoms with van der Waals surface area (Å²) in [5.41, 5.74) is 3.36. The van der Waals surface area contributed by atoms with Crippen LogP contribution >= 0.6 is 11.3 Å². The highest BCUT2D eigenvalue weighted by Crippen LogP contribution is 2.35. The fourth-order valence-electron chi connectivity index (χ4n) is 2.94. The Morgan fingerprint density at radius 1 is 1.50 bits per heavy atom. The van der Waals surface area contributed by atoms with E-state index in [1.807, 2.05) is 24.4 Å². The number of carbonyl (C=O) groups is 1. The molecular formula is C16H19N3O2S. The van der Waals surface area contributed by atoms with Crippen LogP contribution in [0.1, 0.15) is 29.3 Å². The van der Waals surface area contributed by atoms with Gasteiger partial charge in [-0.15, -0.1) is 11.3 Å². The van der Waals surface area contributed by atoms with E-state index in [0.29, 0.717) is 11.7 Å². The quantitative estimate of drug-likeness (QED) is 0.911. The molecule has 1 aliphatic rings. The molecule has 1 heterocycles. The van der Waals surface area contributed by atoms with E-state index in [-0.39, 0.29) is 18.7 Å². The second-order valence-corrected chi connectivity index (χ2v) is 6.25. The smallest absolute Gasteiger partial charge is 0.324 e. The van der Waals surface area contributed by atoms with Gasteiger partial charge in [0, 0.05) is 11.9 Å². The average Bonchev–Trinajstić information content (AvgIpc) is 3.11. The van der Waals surface area contributed by atoms with Gasteiger partial charge in [-0.2, -0.15) is 0 Å². The predicted octanol–water partition coefficient (Wildman–Crippen LogP) is 2.97. The molecule has 2 aromatic rings. The van der Waals surface area contributed by atoms with Gasteiger partial charge in [0.15, 0.2) is 5.13 Å². The van der Waals surface area contributed by atoms with Crippen LogP contribution in [-0.4, -0.2) is 34.2 Å². The van der Waals surface area contributed by atoms with Crippen LogP contribution in [0.15, 0.2) is 29.6 Å². The fraction of sp³-hybridized carbons (Fsp3) is 0.375. The molecule has 0 saturated carbocycles.